The van der Waals surface area contributed by atoms with E-state index in [-0.39, 0.29) is 15.3 Å². The molecular formula is C19H17FN3O7PS2. The molecule has 0 aliphatic carbocycles. The number of nitrogens with one attached hydrogen (secondary N) is 1. The van der Waals surface area contributed by atoms with Gasteiger partial charge in [0.15, 0.2) is 15.7 Å². The van der Waals surface area contributed by atoms with Crippen LogP contribution in [-0.2, 0) is 14.6 Å². The summed E-state index contributed by atoms with van der Waals surface area (Å²) in [5.74, 6) is -2.25. The molecule has 0 spiro atoms. The highest BCUT2D eigenvalue weighted by Gasteiger charge is 2.36. The van der Waals surface area contributed by atoms with E-state index in [4.69, 9.17) is 14.7 Å². The largest absolute Gasteiger partial charge is 0.493 e. The summed E-state index contributed by atoms with van der Waals surface area (Å²) < 4.78 is 63.7. The van der Waals surface area contributed by atoms with Crippen LogP contribution in [0.25, 0.3) is 10.6 Å². The van der Waals surface area contributed by atoms with Gasteiger partial charge in [-0.3, -0.25) is 4.57 Å². The lowest BCUT2D eigenvalue weighted by atomic mass is 10.1. The Hall–Kier alpha value is -2.85. The highest BCUT2D eigenvalue weighted by Crippen LogP contribution is 2.51. The molecule has 0 amide bonds. The Morgan fingerprint density at radius 1 is 1.18 bits per heavy atom. The number of sulfonamides is 1. The first-order chi connectivity index (χ1) is 15.5. The first-order valence-electron chi connectivity index (χ1n) is 8.95. The topological polar surface area (TPSA) is 159 Å². The van der Waals surface area contributed by atoms with E-state index in [1.165, 1.54) is 14.2 Å². The molecule has 1 heterocycles. The van der Waals surface area contributed by atoms with E-state index in [2.05, 4.69) is 4.98 Å². The minimum absolute atomic E-state index is 0.300. The molecule has 2 aromatic carbocycles. The van der Waals surface area contributed by atoms with Crippen LogP contribution in [0, 0.1) is 17.1 Å². The fourth-order valence-corrected chi connectivity index (χ4v) is 6.53. The number of ether oxygens (including phenoxy) is 2. The minimum atomic E-state index is -5.12. The highest BCUT2D eigenvalue weighted by molar-refractivity contribution is 7.92. The molecule has 0 saturated heterocycles. The molecular weight excluding hydrogens is 496 g/mol. The van der Waals surface area contributed by atoms with Crippen LogP contribution in [0.1, 0.15) is 16.9 Å². The maximum absolute atomic E-state index is 14.0. The first-order valence-corrected chi connectivity index (χ1v) is 12.9. The Labute approximate surface area is 192 Å². The number of nitrogens with zero attached hydrogens (tertiary/aromatic N) is 2. The summed E-state index contributed by atoms with van der Waals surface area (Å²) in [5, 5.41) is 9.13. The van der Waals surface area contributed by atoms with Crippen molar-refractivity contribution in [3.63, 3.8) is 0 Å². The van der Waals surface area contributed by atoms with Crippen molar-refractivity contribution in [2.24, 2.45) is 0 Å². The van der Waals surface area contributed by atoms with Gasteiger partial charge in [0.2, 0.25) is 0 Å². The van der Waals surface area contributed by atoms with Crippen LogP contribution in [0.4, 0.5) is 4.39 Å². The summed E-state index contributed by atoms with van der Waals surface area (Å²) in [6, 6.07) is 9.20. The first kappa shape index (κ1) is 24.8. The maximum Gasteiger partial charge on any atom is 0.347 e. The van der Waals surface area contributed by atoms with Crippen molar-refractivity contribution < 1.29 is 36.6 Å². The number of methoxy groups -OCH3 is 2. The van der Waals surface area contributed by atoms with Gasteiger partial charge in [-0.05, 0) is 35.9 Å². The Morgan fingerprint density at radius 2 is 1.88 bits per heavy atom. The van der Waals surface area contributed by atoms with Crippen molar-refractivity contribution in [1.29, 1.82) is 5.26 Å². The molecule has 0 aliphatic rings. The number of rotatable bonds is 8. The van der Waals surface area contributed by atoms with Gasteiger partial charge in [-0.15, -0.1) is 11.3 Å². The molecule has 174 valence electrons. The molecule has 3 N–H and O–H groups in total. The molecule has 33 heavy (non-hydrogen) atoms. The van der Waals surface area contributed by atoms with Crippen molar-refractivity contribution in [2.75, 3.05) is 14.2 Å². The van der Waals surface area contributed by atoms with E-state index in [1.54, 1.807) is 24.3 Å². The molecule has 1 unspecified atom stereocenters. The third kappa shape index (κ3) is 5.39. The molecule has 10 nitrogen and oxygen atoms in total. The van der Waals surface area contributed by atoms with Crippen LogP contribution in [-0.4, -0.2) is 37.4 Å². The lowest BCUT2D eigenvalue weighted by Gasteiger charge is -2.20. The molecule has 0 fully saturated rings. The van der Waals surface area contributed by atoms with E-state index in [0.29, 0.717) is 28.1 Å². The maximum atomic E-state index is 14.0. The highest BCUT2D eigenvalue weighted by atomic mass is 32.2. The van der Waals surface area contributed by atoms with Crippen molar-refractivity contribution in [1.82, 2.24) is 9.71 Å². The fraction of sp³-hybridized carbons (Fsp3) is 0.158. The molecule has 0 radical (unpaired) electrons. The van der Waals surface area contributed by atoms with E-state index < -0.39 is 29.2 Å². The second kappa shape index (κ2) is 9.56. The lowest BCUT2D eigenvalue weighted by Crippen LogP contribution is -2.28. The van der Waals surface area contributed by atoms with E-state index in [9.17, 15) is 27.2 Å². The predicted octanol–water partition coefficient (Wildman–Crippen LogP) is 2.99. The molecule has 3 rings (SSSR count). The molecule has 3 aromatic rings. The van der Waals surface area contributed by atoms with Crippen molar-refractivity contribution in [3.8, 4) is 28.1 Å². The number of halogens is 1. The van der Waals surface area contributed by atoms with Gasteiger partial charge >= 0.3 is 7.60 Å². The third-order valence-corrected chi connectivity index (χ3v) is 8.62. The van der Waals surface area contributed by atoms with Crippen molar-refractivity contribution >= 4 is 29.0 Å². The Balaban J connectivity index is 1.95. The van der Waals surface area contributed by atoms with Crippen LogP contribution >= 0.6 is 18.9 Å². The van der Waals surface area contributed by atoms with Gasteiger partial charge in [0.05, 0.1) is 26.0 Å². The van der Waals surface area contributed by atoms with Gasteiger partial charge < -0.3 is 19.3 Å². The monoisotopic (exact) mass is 513 g/mol. The smallest absolute Gasteiger partial charge is 0.347 e. The summed E-state index contributed by atoms with van der Waals surface area (Å²) in [7, 11) is -6.67. The Morgan fingerprint density at radius 3 is 2.45 bits per heavy atom. The van der Waals surface area contributed by atoms with Gasteiger partial charge in [0, 0.05) is 5.56 Å². The molecule has 0 bridgehead atoms. The molecule has 0 saturated carbocycles. The van der Waals surface area contributed by atoms with Crippen LogP contribution < -0.4 is 14.2 Å². The van der Waals surface area contributed by atoms with Crippen LogP contribution in [0.3, 0.4) is 0 Å². The quantitative estimate of drug-likeness (QED) is 0.385. The second-order valence-corrected chi connectivity index (χ2v) is 11.2. The molecule has 14 heteroatoms. The average Bonchev–Trinajstić information content (AvgIpc) is 3.27. The Bertz CT molecular complexity index is 1380. The number of hydrogen-bond acceptors (Lipinski definition) is 8. The number of hydrogen-bond donors (Lipinski definition) is 3. The summed E-state index contributed by atoms with van der Waals surface area (Å²) in [5.41, 5.74) is -0.166. The molecule has 1 aromatic heterocycles. The lowest BCUT2D eigenvalue weighted by molar-refractivity contribution is 0.355. The van der Waals surface area contributed by atoms with Crippen LogP contribution in [0.15, 0.2) is 46.8 Å². The SMILES string of the molecule is COc1ccc(-c2ncc(S(=O)(=O)NC(c3ccc(C#N)c(F)c3)P(=O)(O)O)s2)cc1OC. The fourth-order valence-electron chi connectivity index (χ4n) is 2.81. The van der Waals surface area contributed by atoms with Crippen LogP contribution in [0.2, 0.25) is 0 Å². The zero-order chi connectivity index (χ0) is 24.4. The van der Waals surface area contributed by atoms with Crippen molar-refractivity contribution in [3.05, 3.63) is 59.5 Å². The summed E-state index contributed by atoms with van der Waals surface area (Å²) >= 11 is 0.755. The number of nitriles is 1. The van der Waals surface area contributed by atoms with Gasteiger partial charge in [0.25, 0.3) is 10.0 Å². The molecule has 1 atom stereocenters. The van der Waals surface area contributed by atoms with Gasteiger partial charge in [-0.2, -0.15) is 9.98 Å². The van der Waals surface area contributed by atoms with Crippen LogP contribution in [0.5, 0.6) is 11.5 Å². The van der Waals surface area contributed by atoms with Gasteiger partial charge in [0.1, 0.15) is 22.7 Å². The van der Waals surface area contributed by atoms with E-state index in [1.807, 2.05) is 4.72 Å². The standard InChI is InChI=1S/C19H17FN3O7PS2/c1-29-15-6-5-12(8-16(15)30-2)19-22-10-17(32-19)33(27,28)23-18(31(24,25)26)11-3-4-13(9-21)14(20)7-11/h3-8,10,18,23H,1-2H3,(H2,24,25,26). The number of aromatic nitrogens is 1. The van der Waals surface area contributed by atoms with Gasteiger partial charge in [-0.1, -0.05) is 6.07 Å². The second-order valence-electron chi connectivity index (χ2n) is 6.52. The third-order valence-electron chi connectivity index (χ3n) is 4.41. The molecule has 0 aliphatic heterocycles. The van der Waals surface area contributed by atoms with Crippen molar-refractivity contribution in [2.45, 2.75) is 9.99 Å². The normalized spacial score (nSPS) is 12.7. The minimum Gasteiger partial charge on any atom is -0.493 e. The Kier molecular flexibility index (Phi) is 7.18. The summed E-state index contributed by atoms with van der Waals surface area (Å²) in [6.07, 6.45) is 1.04. The summed E-state index contributed by atoms with van der Waals surface area (Å²) in [4.78, 5) is 23.5. The number of benzene rings is 2. The zero-order valence-electron chi connectivity index (χ0n) is 17.1. The van der Waals surface area contributed by atoms with E-state index in [0.717, 1.165) is 29.7 Å². The van der Waals surface area contributed by atoms with E-state index >= 15 is 0 Å². The average molecular weight is 513 g/mol. The predicted molar refractivity (Wildman–Crippen MR) is 117 cm³/mol. The summed E-state index contributed by atoms with van der Waals surface area (Å²) in [6.45, 7) is 0. The number of thiazole rings is 1. The zero-order valence-corrected chi connectivity index (χ0v) is 19.6. The van der Waals surface area contributed by atoms with Gasteiger partial charge in [-0.25, -0.2) is 17.8 Å².